The standard InChI is InChI=1S/C14H14N3O2.C14H12O4.CH2N2.B.Cl3P.I2.Na/c1-2-19-14(18)13-8-4-6-11-10(9-16-17-15)5-3-7-12(11)13;1-2-18-14(17)12-8-4-5-9-10(12)6-3-7-11(9)13(15)16;1-3-2;;1-4(2)3;1-2;/h3-8,15H,2,9H2,1H3;3-8H,2H2,1H3,(H,15,16);1H2;;;;/q+1;;;-1;;;+1. The van der Waals surface area contributed by atoms with E-state index in [1.165, 1.54) is 6.07 Å². The average Bonchev–Trinajstić information content (AvgIpc) is 3.04. The molecule has 0 aromatic heterocycles. The largest absolute Gasteiger partial charge is 1.00 e. The molecule has 0 spiro atoms. The number of aromatic carboxylic acids is 1. The molecule has 0 saturated carbocycles. The van der Waals surface area contributed by atoms with E-state index < -0.39 is 17.9 Å². The molecular weight excluding hydrogens is 939 g/mol. The SMILES string of the molecule is C=[N+]=[N-].CCOC(=O)c1cccc2c(C(=O)O)cccc12.CCOC(=O)c1cccc2c(CN=[N+]=N)cccc12.ClP(Cl)Cl.II.[B-].[Na+]. The van der Waals surface area contributed by atoms with Crippen LogP contribution in [0.25, 0.3) is 27.1 Å². The summed E-state index contributed by atoms with van der Waals surface area (Å²) in [4.78, 5) is 40.0. The first-order valence-corrected chi connectivity index (χ1v) is 23.1. The maximum absolute atomic E-state index is 11.9. The Hall–Kier alpha value is -1.68. The van der Waals surface area contributed by atoms with Crippen molar-refractivity contribution in [1.82, 2.24) is 4.91 Å². The Morgan fingerprint density at radius 1 is 0.833 bits per heavy atom. The zero-order valence-corrected chi connectivity index (χ0v) is 35.4. The zero-order valence-electron chi connectivity index (χ0n) is 25.9. The number of carboxylic acid groups (broad SMARTS) is 1. The van der Waals surface area contributed by atoms with Crippen LogP contribution in [0.4, 0.5) is 0 Å². The molecule has 248 valence electrons. The molecule has 48 heavy (non-hydrogen) atoms. The van der Waals surface area contributed by atoms with E-state index in [1.807, 2.05) is 30.3 Å². The summed E-state index contributed by atoms with van der Waals surface area (Å²) in [6.45, 7) is 7.14. The van der Waals surface area contributed by atoms with Crippen LogP contribution in [0.1, 0.15) is 50.5 Å². The summed E-state index contributed by atoms with van der Waals surface area (Å²) in [7, 11) is 0. The molecule has 0 fully saturated rings. The number of esters is 2. The number of hydrogen-bond acceptors (Lipinski definition) is 7. The summed E-state index contributed by atoms with van der Waals surface area (Å²) in [5.74, 6) is -2.98. The minimum Gasteiger partial charge on any atom is -1.00 e. The van der Waals surface area contributed by atoms with Gasteiger partial charge in [-0.2, -0.15) is 4.79 Å². The third-order valence-corrected chi connectivity index (χ3v) is 5.47. The van der Waals surface area contributed by atoms with Gasteiger partial charge in [-0.25, -0.2) is 14.4 Å². The van der Waals surface area contributed by atoms with E-state index in [1.54, 1.807) is 50.2 Å². The minimum absolute atomic E-state index is 0. The van der Waals surface area contributed by atoms with Gasteiger partial charge in [-0.05, 0) is 59.2 Å². The number of carbonyl (C=O) groups is 3. The number of ether oxygens (including phenoxy) is 2. The molecule has 0 unspecified atom stereocenters. The fourth-order valence-corrected chi connectivity index (χ4v) is 3.89. The van der Waals surface area contributed by atoms with Gasteiger partial charge >= 0.3 is 47.5 Å². The van der Waals surface area contributed by atoms with Crippen LogP contribution in [0, 0.1) is 5.53 Å². The van der Waals surface area contributed by atoms with E-state index in [4.69, 9.17) is 59.4 Å². The van der Waals surface area contributed by atoms with E-state index in [-0.39, 0.29) is 56.1 Å². The molecule has 0 aliphatic heterocycles. The predicted molar refractivity (Wildman–Crippen MR) is 207 cm³/mol. The Labute approximate surface area is 340 Å². The normalized spacial score (nSPS) is 8.83. The second-order valence-corrected chi connectivity index (χ2v) is 13.0. The molecule has 4 aromatic carbocycles. The minimum atomic E-state index is -1.20. The molecule has 0 aliphatic rings. The van der Waals surface area contributed by atoms with Crippen LogP contribution in [0.3, 0.4) is 0 Å². The van der Waals surface area contributed by atoms with Gasteiger partial charge in [0.05, 0.1) is 29.9 Å². The molecule has 4 aromatic rings. The van der Waals surface area contributed by atoms with Crippen molar-refractivity contribution < 1.29 is 63.3 Å². The van der Waals surface area contributed by atoms with Crippen molar-refractivity contribution in [2.45, 2.75) is 20.4 Å². The summed E-state index contributed by atoms with van der Waals surface area (Å²) in [6, 6.07) is 20.9. The van der Waals surface area contributed by atoms with Crippen LogP contribution in [-0.2, 0) is 16.0 Å². The summed E-state index contributed by atoms with van der Waals surface area (Å²) in [5.41, 5.74) is 15.8. The number of hydrogen-bond donors (Lipinski definition) is 2. The Morgan fingerprint density at radius 2 is 1.17 bits per heavy atom. The molecule has 4 radical (unpaired) electrons. The van der Waals surface area contributed by atoms with Crippen LogP contribution in [-0.4, -0.2) is 56.1 Å². The number of rotatable bonds is 7. The molecular formula is C29H28BCl3I2N5NaO6P+. The molecule has 0 heterocycles. The van der Waals surface area contributed by atoms with E-state index in [0.717, 1.165) is 16.3 Å². The number of nitrogens with one attached hydrogen (secondary N) is 1. The van der Waals surface area contributed by atoms with Crippen LogP contribution in [0.5, 0.6) is 0 Å². The van der Waals surface area contributed by atoms with Crippen molar-refractivity contribution >= 4 is 132 Å². The van der Waals surface area contributed by atoms with Gasteiger partial charge < -0.3 is 28.5 Å². The number of halogens is 5. The van der Waals surface area contributed by atoms with Crippen LogP contribution in [0.15, 0.2) is 77.9 Å². The summed E-state index contributed by atoms with van der Waals surface area (Å²) >= 11 is 18.9. The fraction of sp³-hybridized carbons (Fsp3) is 0.172. The number of nitrogens with zero attached hydrogens (tertiary/aromatic N) is 4. The van der Waals surface area contributed by atoms with Crippen LogP contribution >= 0.6 is 76.9 Å². The van der Waals surface area contributed by atoms with E-state index in [2.05, 4.69) is 58.8 Å². The monoisotopic (exact) mass is 966 g/mol. The third-order valence-electron chi connectivity index (χ3n) is 5.47. The van der Waals surface area contributed by atoms with Crippen molar-refractivity contribution in [2.24, 2.45) is 5.11 Å². The van der Waals surface area contributed by atoms with Gasteiger partial charge in [-0.3, -0.25) is 0 Å². The number of carboxylic acids is 1. The van der Waals surface area contributed by atoms with Gasteiger partial charge in [-0.1, -0.05) is 88.3 Å². The summed E-state index contributed by atoms with van der Waals surface area (Å²) in [5, 5.41) is 15.7. The Morgan fingerprint density at radius 3 is 1.54 bits per heavy atom. The van der Waals surface area contributed by atoms with Gasteiger partial charge in [0.25, 0.3) is 0 Å². The van der Waals surface area contributed by atoms with Gasteiger partial charge in [0.1, 0.15) is 17.2 Å². The quantitative estimate of drug-likeness (QED) is 0.0383. The molecule has 0 atom stereocenters. The fourth-order valence-electron chi connectivity index (χ4n) is 3.89. The predicted octanol–water partition coefficient (Wildman–Crippen LogP) is 7.02. The van der Waals surface area contributed by atoms with Gasteiger partial charge in [0, 0.05) is 37.2 Å². The number of benzene rings is 4. The number of carbonyl (C=O) groups excluding carboxylic acids is 2. The first-order chi connectivity index (χ1) is 22.1. The maximum atomic E-state index is 11.9. The Bertz CT molecular complexity index is 1700. The molecule has 0 aliphatic carbocycles. The van der Waals surface area contributed by atoms with E-state index in [9.17, 15) is 14.4 Å². The van der Waals surface area contributed by atoms with E-state index in [0.29, 0.717) is 35.1 Å². The first kappa shape index (κ1) is 50.7. The van der Waals surface area contributed by atoms with Crippen molar-refractivity contribution in [2.75, 3.05) is 13.2 Å². The smallest absolute Gasteiger partial charge is 1.00 e. The average molecular weight is 968 g/mol. The second-order valence-electron chi connectivity index (χ2n) is 8.00. The second kappa shape index (κ2) is 30.2. The molecule has 19 heteroatoms. The van der Waals surface area contributed by atoms with Crippen LogP contribution < -0.4 is 34.5 Å². The van der Waals surface area contributed by atoms with Crippen molar-refractivity contribution in [3.05, 3.63) is 101 Å². The van der Waals surface area contributed by atoms with Crippen molar-refractivity contribution in [1.29, 1.82) is 5.53 Å². The third kappa shape index (κ3) is 17.8. The first-order valence-electron chi connectivity index (χ1n) is 12.7. The van der Waals surface area contributed by atoms with Gasteiger partial charge in [0.15, 0.2) is 5.98 Å². The zero-order chi connectivity index (χ0) is 35.1. The number of fused-ring (bicyclic) bond motifs is 2. The van der Waals surface area contributed by atoms with Gasteiger partial charge in [0.2, 0.25) is 11.6 Å². The molecule has 0 amide bonds. The molecule has 0 saturated heterocycles. The van der Waals surface area contributed by atoms with E-state index >= 15 is 0 Å². The summed E-state index contributed by atoms with van der Waals surface area (Å²) < 4.78 is 10.00. The van der Waals surface area contributed by atoms with Gasteiger partial charge in [-0.15, -0.1) is 0 Å². The maximum Gasteiger partial charge on any atom is 1.00 e. The molecule has 11 nitrogen and oxygen atoms in total. The molecule has 4 rings (SSSR count). The van der Waals surface area contributed by atoms with Crippen molar-refractivity contribution in [3.8, 4) is 0 Å². The topological polar surface area (TPSA) is 177 Å². The van der Waals surface area contributed by atoms with Crippen molar-refractivity contribution in [3.63, 3.8) is 0 Å². The summed E-state index contributed by atoms with van der Waals surface area (Å²) in [6.07, 6.45) is 0. The Kier molecular flexibility index (Phi) is 31.9. The molecule has 2 N–H and O–H groups in total. The van der Waals surface area contributed by atoms with Crippen LogP contribution in [0.2, 0.25) is 0 Å². The molecule has 0 bridgehead atoms. The Balaban J connectivity index is -0.000000656.